The van der Waals surface area contributed by atoms with Gasteiger partial charge < -0.3 is 15.1 Å². The summed E-state index contributed by atoms with van der Waals surface area (Å²) in [5.41, 5.74) is 2.83. The summed E-state index contributed by atoms with van der Waals surface area (Å²) in [5.74, 6) is 1.09. The maximum Gasteiger partial charge on any atom is 0.258 e. The van der Waals surface area contributed by atoms with Crippen LogP contribution in [0, 0.1) is 11.7 Å². The zero-order valence-corrected chi connectivity index (χ0v) is 15.6. The molecule has 28 heavy (non-hydrogen) atoms. The van der Waals surface area contributed by atoms with Gasteiger partial charge >= 0.3 is 0 Å². The molecule has 6 heteroatoms. The van der Waals surface area contributed by atoms with Gasteiger partial charge in [0.25, 0.3) is 5.91 Å². The van der Waals surface area contributed by atoms with Crippen LogP contribution in [-0.4, -0.2) is 50.1 Å². The summed E-state index contributed by atoms with van der Waals surface area (Å²) in [6.07, 6.45) is 2.19. The number of rotatable bonds is 3. The van der Waals surface area contributed by atoms with E-state index in [1.807, 2.05) is 36.4 Å². The fourth-order valence-electron chi connectivity index (χ4n) is 4.40. The van der Waals surface area contributed by atoms with Crippen LogP contribution in [0.4, 0.5) is 15.8 Å². The van der Waals surface area contributed by atoms with E-state index in [4.69, 9.17) is 0 Å². The molecule has 0 aliphatic carbocycles. The number of carbonyl (C=O) groups excluding carboxylic acids is 1. The number of nitrogens with zero attached hydrogens (tertiary/aromatic N) is 3. The van der Waals surface area contributed by atoms with E-state index >= 15 is 0 Å². The Bertz CT molecular complexity index is 918. The summed E-state index contributed by atoms with van der Waals surface area (Å²) in [5, 5.41) is 3.03. The Labute approximate surface area is 164 Å². The molecule has 2 aromatic carbocycles. The lowest BCUT2D eigenvalue weighted by Gasteiger charge is -2.37. The highest BCUT2D eigenvalue weighted by Gasteiger charge is 2.33. The van der Waals surface area contributed by atoms with E-state index < -0.39 is 0 Å². The van der Waals surface area contributed by atoms with Gasteiger partial charge in [0.15, 0.2) is 0 Å². The highest BCUT2D eigenvalue weighted by molar-refractivity contribution is 6.03. The van der Waals surface area contributed by atoms with Crippen LogP contribution >= 0.6 is 0 Å². The van der Waals surface area contributed by atoms with Crippen LogP contribution in [0.5, 0.6) is 0 Å². The van der Waals surface area contributed by atoms with Crippen LogP contribution in [0.25, 0.3) is 0 Å². The van der Waals surface area contributed by atoms with Crippen molar-refractivity contribution in [1.29, 1.82) is 0 Å². The predicted octanol–water partition coefficient (Wildman–Crippen LogP) is 2.67. The van der Waals surface area contributed by atoms with Crippen LogP contribution in [0.2, 0.25) is 0 Å². The van der Waals surface area contributed by atoms with Crippen molar-refractivity contribution in [1.82, 2.24) is 10.2 Å². The quantitative estimate of drug-likeness (QED) is 0.891. The molecule has 3 aliphatic heterocycles. The number of hydrogen-bond donors (Lipinski definition) is 1. The van der Waals surface area contributed by atoms with Gasteiger partial charge in [-0.15, -0.1) is 0 Å². The predicted molar refractivity (Wildman–Crippen MR) is 108 cm³/mol. The second kappa shape index (κ2) is 6.95. The second-order valence-electron chi connectivity index (χ2n) is 7.66. The van der Waals surface area contributed by atoms with Gasteiger partial charge in [0.05, 0.1) is 11.3 Å². The smallest absolute Gasteiger partial charge is 0.258 e. The molecule has 0 aromatic heterocycles. The van der Waals surface area contributed by atoms with Gasteiger partial charge in [-0.25, -0.2) is 4.39 Å². The number of piperazine rings is 1. The first-order chi connectivity index (χ1) is 13.7. The summed E-state index contributed by atoms with van der Waals surface area (Å²) in [4.78, 5) is 19.3. The molecule has 3 aliphatic rings. The minimum absolute atomic E-state index is 0.0216. The fourth-order valence-corrected chi connectivity index (χ4v) is 4.40. The third-order valence-corrected chi connectivity index (χ3v) is 5.84. The fraction of sp³-hybridized carbons (Fsp3) is 0.318. The van der Waals surface area contributed by atoms with Gasteiger partial charge in [0.2, 0.25) is 0 Å². The Morgan fingerprint density at radius 1 is 1.00 bits per heavy atom. The van der Waals surface area contributed by atoms with E-state index in [9.17, 15) is 9.18 Å². The lowest BCUT2D eigenvalue weighted by atomic mass is 10.1. The largest absolute Gasteiger partial charge is 0.369 e. The average Bonchev–Trinajstić information content (AvgIpc) is 3.12. The minimum atomic E-state index is -0.193. The minimum Gasteiger partial charge on any atom is -0.369 e. The second-order valence-corrected chi connectivity index (χ2v) is 7.66. The molecule has 2 aromatic rings. The number of carbonyl (C=O) groups is 1. The van der Waals surface area contributed by atoms with Crippen LogP contribution in [-0.2, 0) is 0 Å². The monoisotopic (exact) mass is 378 g/mol. The lowest BCUT2D eigenvalue weighted by molar-refractivity contribution is 0.0961. The standard InChI is InChI=1S/C22H23FN4O/c23-17-5-7-18(8-6-17)26-11-9-25(10-12-26)14-16-13-21-24-22(28)19-3-1-2-4-20(19)27(21)15-16/h1-8,13,16H,9-12,14-15H2,(H,24,28). The Hall–Kier alpha value is -2.86. The molecule has 144 valence electrons. The van der Waals surface area contributed by atoms with E-state index in [1.165, 1.54) is 12.1 Å². The SMILES string of the molecule is O=C1NC2=CC(CN3CCN(c4ccc(F)cc4)CC3)CN2c2ccccc21. The Balaban J connectivity index is 1.21. The Morgan fingerprint density at radius 2 is 1.75 bits per heavy atom. The topological polar surface area (TPSA) is 38.8 Å². The van der Waals surface area contributed by atoms with Crippen LogP contribution in [0.15, 0.2) is 60.4 Å². The normalized spacial score (nSPS) is 21.8. The van der Waals surface area contributed by atoms with E-state index in [-0.39, 0.29) is 11.7 Å². The zero-order valence-electron chi connectivity index (χ0n) is 15.6. The highest BCUT2D eigenvalue weighted by atomic mass is 19.1. The van der Waals surface area contributed by atoms with E-state index in [0.29, 0.717) is 5.92 Å². The molecule has 5 nitrogen and oxygen atoms in total. The molecule has 1 amide bonds. The number of anilines is 2. The Kier molecular flexibility index (Phi) is 4.28. The number of fused-ring (bicyclic) bond motifs is 3. The van der Waals surface area contributed by atoms with Crippen LogP contribution < -0.4 is 15.1 Å². The molecule has 3 heterocycles. The molecular weight excluding hydrogens is 355 g/mol. The van der Waals surface area contributed by atoms with Crippen molar-refractivity contribution in [2.24, 2.45) is 5.92 Å². The first kappa shape index (κ1) is 17.3. The molecule has 1 fully saturated rings. The maximum atomic E-state index is 13.1. The van der Waals surface area contributed by atoms with Crippen molar-refractivity contribution in [2.75, 3.05) is 49.1 Å². The van der Waals surface area contributed by atoms with E-state index in [1.54, 1.807) is 0 Å². The maximum absolute atomic E-state index is 13.1. The van der Waals surface area contributed by atoms with Crippen LogP contribution in [0.1, 0.15) is 10.4 Å². The van der Waals surface area contributed by atoms with Gasteiger partial charge in [-0.3, -0.25) is 9.69 Å². The van der Waals surface area contributed by atoms with Gasteiger partial charge in [-0.2, -0.15) is 0 Å². The molecule has 5 rings (SSSR count). The summed E-state index contributed by atoms with van der Waals surface area (Å²) < 4.78 is 13.1. The Morgan fingerprint density at radius 3 is 2.54 bits per heavy atom. The third kappa shape index (κ3) is 3.14. The number of halogens is 1. The average molecular weight is 378 g/mol. The number of nitrogens with one attached hydrogen (secondary N) is 1. The number of hydrogen-bond acceptors (Lipinski definition) is 4. The van der Waals surface area contributed by atoms with Crippen LogP contribution in [0.3, 0.4) is 0 Å². The molecule has 1 N–H and O–H groups in total. The number of para-hydroxylation sites is 1. The molecule has 0 radical (unpaired) electrons. The molecule has 1 unspecified atom stereocenters. The zero-order chi connectivity index (χ0) is 19.1. The van der Waals surface area contributed by atoms with Crippen molar-refractivity contribution in [2.45, 2.75) is 0 Å². The number of benzene rings is 2. The molecular formula is C22H23FN4O. The van der Waals surface area contributed by atoms with Crippen molar-refractivity contribution in [3.8, 4) is 0 Å². The van der Waals surface area contributed by atoms with Gasteiger partial charge in [-0.1, -0.05) is 12.1 Å². The van der Waals surface area contributed by atoms with Crippen molar-refractivity contribution >= 4 is 17.3 Å². The first-order valence-electron chi connectivity index (χ1n) is 9.80. The van der Waals surface area contributed by atoms with Crippen molar-refractivity contribution in [3.05, 3.63) is 71.8 Å². The molecule has 0 saturated carbocycles. The van der Waals surface area contributed by atoms with Gasteiger partial charge in [0.1, 0.15) is 11.6 Å². The van der Waals surface area contributed by atoms with Gasteiger partial charge in [0, 0.05) is 50.9 Å². The van der Waals surface area contributed by atoms with Crippen molar-refractivity contribution in [3.63, 3.8) is 0 Å². The molecule has 0 spiro atoms. The molecule has 1 atom stereocenters. The summed E-state index contributed by atoms with van der Waals surface area (Å²) in [6, 6.07) is 14.5. The highest BCUT2D eigenvalue weighted by Crippen LogP contribution is 2.33. The summed E-state index contributed by atoms with van der Waals surface area (Å²) in [6.45, 7) is 5.73. The van der Waals surface area contributed by atoms with Crippen molar-refractivity contribution < 1.29 is 9.18 Å². The molecule has 1 saturated heterocycles. The molecule has 0 bridgehead atoms. The third-order valence-electron chi connectivity index (χ3n) is 5.84. The van der Waals surface area contributed by atoms with E-state index in [0.717, 1.165) is 62.0 Å². The lowest BCUT2D eigenvalue weighted by Crippen LogP contribution is -2.48. The first-order valence-corrected chi connectivity index (χ1v) is 9.80. The van der Waals surface area contributed by atoms with Gasteiger partial charge in [-0.05, 0) is 42.5 Å². The summed E-state index contributed by atoms with van der Waals surface area (Å²) in [7, 11) is 0. The van der Waals surface area contributed by atoms with E-state index in [2.05, 4.69) is 26.1 Å². The summed E-state index contributed by atoms with van der Waals surface area (Å²) >= 11 is 0. The number of amides is 1.